The van der Waals surface area contributed by atoms with Crippen LogP contribution >= 0.6 is 0 Å². The molecule has 0 bridgehead atoms. The Morgan fingerprint density at radius 2 is 2.18 bits per heavy atom. The van der Waals surface area contributed by atoms with Gasteiger partial charge in [0.25, 0.3) is 0 Å². The van der Waals surface area contributed by atoms with Crippen molar-refractivity contribution >= 4 is 5.82 Å². The molecule has 94 valence electrons. The minimum atomic E-state index is -1.31. The second-order valence-corrected chi connectivity index (χ2v) is 3.73. The molecule has 4 atom stereocenters. The molecule has 0 aromatic carbocycles. The molecule has 1 saturated heterocycles. The summed E-state index contributed by atoms with van der Waals surface area (Å²) in [5.74, 6) is 0.210. The maximum atomic E-state index is 10.9. The Morgan fingerprint density at radius 3 is 2.88 bits per heavy atom. The first-order chi connectivity index (χ1) is 8.08. The van der Waals surface area contributed by atoms with Gasteiger partial charge in [-0.05, 0) is 6.07 Å². The van der Waals surface area contributed by atoms with E-state index in [1.165, 1.54) is 12.3 Å². The van der Waals surface area contributed by atoms with Crippen LogP contribution in [0.15, 0.2) is 17.1 Å². The molecule has 8 heteroatoms. The van der Waals surface area contributed by atoms with Crippen LogP contribution in [0.25, 0.3) is 0 Å². The summed E-state index contributed by atoms with van der Waals surface area (Å²) < 4.78 is 5.09. The minimum absolute atomic E-state index is 0.112. The van der Waals surface area contributed by atoms with Crippen molar-refractivity contribution in [2.24, 2.45) is 0 Å². The number of rotatable bonds is 2. The standard InChI is InChI=1S/C9H13N3O5/c13-4-3-17-8(7(15)6(4)14)11-5-1-2-10-9(16)12-5/h1-2,4,6-8,13-15H,3H2,(H2,10,11,12,16)/t4-,6-,7-,8?/m0/s1. The number of aliphatic hydroxyl groups is 3. The number of ether oxygens (including phenoxy) is 1. The molecule has 1 unspecified atom stereocenters. The average molecular weight is 243 g/mol. The molecule has 8 nitrogen and oxygen atoms in total. The van der Waals surface area contributed by atoms with Crippen LogP contribution in [-0.4, -0.2) is 56.4 Å². The number of aliphatic hydroxyl groups excluding tert-OH is 3. The highest BCUT2D eigenvalue weighted by Crippen LogP contribution is 2.16. The first-order valence-electron chi connectivity index (χ1n) is 5.06. The zero-order valence-electron chi connectivity index (χ0n) is 8.78. The molecule has 1 aliphatic heterocycles. The van der Waals surface area contributed by atoms with Gasteiger partial charge in [0, 0.05) is 6.20 Å². The predicted molar refractivity (Wildman–Crippen MR) is 56.2 cm³/mol. The predicted octanol–water partition coefficient (Wildman–Crippen LogP) is -2.38. The molecule has 1 aromatic heterocycles. The van der Waals surface area contributed by atoms with Crippen molar-refractivity contribution in [1.29, 1.82) is 0 Å². The first kappa shape index (κ1) is 12.0. The number of aromatic nitrogens is 2. The fourth-order valence-corrected chi connectivity index (χ4v) is 1.53. The Balaban J connectivity index is 2.06. The molecule has 1 aromatic rings. The van der Waals surface area contributed by atoms with Gasteiger partial charge in [0.2, 0.25) is 0 Å². The summed E-state index contributed by atoms with van der Waals surface area (Å²) in [6.07, 6.45) is -3.28. The summed E-state index contributed by atoms with van der Waals surface area (Å²) in [5.41, 5.74) is -0.541. The molecule has 1 aliphatic rings. The van der Waals surface area contributed by atoms with E-state index in [1.54, 1.807) is 0 Å². The molecule has 17 heavy (non-hydrogen) atoms. The molecule has 2 heterocycles. The third kappa shape index (κ3) is 2.61. The number of hydrogen-bond acceptors (Lipinski definition) is 7. The van der Waals surface area contributed by atoms with Crippen LogP contribution in [0.2, 0.25) is 0 Å². The summed E-state index contributed by atoms with van der Waals surface area (Å²) in [6, 6.07) is 1.48. The van der Waals surface area contributed by atoms with Crippen molar-refractivity contribution in [3.63, 3.8) is 0 Å². The van der Waals surface area contributed by atoms with Gasteiger partial charge >= 0.3 is 5.69 Å². The largest absolute Gasteiger partial charge is 0.388 e. The van der Waals surface area contributed by atoms with Crippen LogP contribution in [0.1, 0.15) is 0 Å². The lowest BCUT2D eigenvalue weighted by molar-refractivity contribution is -0.178. The highest BCUT2D eigenvalue weighted by atomic mass is 16.5. The molecule has 0 spiro atoms. The number of nitrogens with zero attached hydrogens (tertiary/aromatic N) is 1. The lowest BCUT2D eigenvalue weighted by Gasteiger charge is -2.35. The van der Waals surface area contributed by atoms with E-state index in [0.717, 1.165) is 0 Å². The van der Waals surface area contributed by atoms with Gasteiger partial charge in [-0.25, -0.2) is 4.79 Å². The summed E-state index contributed by atoms with van der Waals surface area (Å²) in [7, 11) is 0. The Morgan fingerprint density at radius 1 is 1.41 bits per heavy atom. The third-order valence-electron chi connectivity index (χ3n) is 2.46. The van der Waals surface area contributed by atoms with E-state index in [1.807, 2.05) is 0 Å². The van der Waals surface area contributed by atoms with Gasteiger partial charge in [0.1, 0.15) is 24.1 Å². The van der Waals surface area contributed by atoms with Crippen molar-refractivity contribution in [3.8, 4) is 0 Å². The Bertz CT molecular complexity index is 437. The molecular formula is C9H13N3O5. The van der Waals surface area contributed by atoms with E-state index in [2.05, 4.69) is 15.3 Å². The second-order valence-electron chi connectivity index (χ2n) is 3.73. The number of H-pyrrole nitrogens is 1. The van der Waals surface area contributed by atoms with Crippen molar-refractivity contribution in [2.75, 3.05) is 11.9 Å². The van der Waals surface area contributed by atoms with Crippen molar-refractivity contribution in [1.82, 2.24) is 9.97 Å². The van der Waals surface area contributed by atoms with Gasteiger partial charge in [-0.1, -0.05) is 0 Å². The van der Waals surface area contributed by atoms with Crippen LogP contribution in [0.4, 0.5) is 5.82 Å². The smallest absolute Gasteiger partial charge is 0.346 e. The minimum Gasteiger partial charge on any atom is -0.388 e. The van der Waals surface area contributed by atoms with Gasteiger partial charge in [-0.3, -0.25) is 0 Å². The highest BCUT2D eigenvalue weighted by Gasteiger charge is 2.37. The molecule has 5 N–H and O–H groups in total. The highest BCUT2D eigenvalue weighted by molar-refractivity contribution is 5.32. The zero-order chi connectivity index (χ0) is 12.4. The summed E-state index contributed by atoms with van der Waals surface area (Å²) in [4.78, 5) is 16.9. The van der Waals surface area contributed by atoms with Crippen molar-refractivity contribution in [2.45, 2.75) is 24.5 Å². The molecule has 0 saturated carbocycles. The Kier molecular flexibility index (Phi) is 3.38. The summed E-state index contributed by atoms with van der Waals surface area (Å²) in [6.45, 7) is -0.112. The lowest BCUT2D eigenvalue weighted by Crippen LogP contribution is -2.55. The summed E-state index contributed by atoms with van der Waals surface area (Å²) >= 11 is 0. The van der Waals surface area contributed by atoms with E-state index >= 15 is 0 Å². The van der Waals surface area contributed by atoms with Crippen LogP contribution in [0.3, 0.4) is 0 Å². The number of nitrogens with one attached hydrogen (secondary N) is 2. The average Bonchev–Trinajstić information content (AvgIpc) is 2.30. The maximum absolute atomic E-state index is 10.9. The molecule has 0 amide bonds. The van der Waals surface area contributed by atoms with E-state index in [-0.39, 0.29) is 12.4 Å². The van der Waals surface area contributed by atoms with E-state index in [0.29, 0.717) is 0 Å². The van der Waals surface area contributed by atoms with Gasteiger partial charge in [-0.2, -0.15) is 4.98 Å². The van der Waals surface area contributed by atoms with Gasteiger partial charge in [0.15, 0.2) is 6.23 Å². The van der Waals surface area contributed by atoms with Gasteiger partial charge in [0.05, 0.1) is 6.61 Å². The third-order valence-corrected chi connectivity index (χ3v) is 2.46. The lowest BCUT2D eigenvalue weighted by atomic mass is 10.0. The molecule has 1 fully saturated rings. The molecule has 2 rings (SSSR count). The van der Waals surface area contributed by atoms with Crippen LogP contribution in [0, 0.1) is 0 Å². The van der Waals surface area contributed by atoms with Gasteiger partial charge in [-0.15, -0.1) is 0 Å². The van der Waals surface area contributed by atoms with Gasteiger partial charge < -0.3 is 30.4 Å². The van der Waals surface area contributed by atoms with Crippen molar-refractivity contribution < 1.29 is 20.1 Å². The Hall–Kier alpha value is -1.48. The van der Waals surface area contributed by atoms with E-state index in [4.69, 9.17) is 4.74 Å². The van der Waals surface area contributed by atoms with Crippen LogP contribution in [-0.2, 0) is 4.74 Å². The number of anilines is 1. The fraction of sp³-hybridized carbons (Fsp3) is 0.556. The zero-order valence-corrected chi connectivity index (χ0v) is 8.78. The Labute approximate surface area is 95.9 Å². The fourth-order valence-electron chi connectivity index (χ4n) is 1.53. The van der Waals surface area contributed by atoms with Crippen molar-refractivity contribution in [3.05, 3.63) is 22.7 Å². The maximum Gasteiger partial charge on any atom is 0.346 e. The molecular weight excluding hydrogens is 230 g/mol. The SMILES string of the molecule is O=c1nc(NC2OC[C@H](O)[C@H](O)[C@@H]2O)cc[nH]1. The topological polar surface area (TPSA) is 128 Å². The molecule has 0 radical (unpaired) electrons. The number of hydrogen-bond donors (Lipinski definition) is 5. The van der Waals surface area contributed by atoms with E-state index in [9.17, 15) is 20.1 Å². The van der Waals surface area contributed by atoms with Crippen LogP contribution in [0.5, 0.6) is 0 Å². The summed E-state index contributed by atoms with van der Waals surface area (Å²) in [5, 5.41) is 31.0. The normalized spacial score (nSPS) is 33.4. The quantitative estimate of drug-likeness (QED) is 0.392. The first-order valence-corrected chi connectivity index (χ1v) is 5.06. The monoisotopic (exact) mass is 243 g/mol. The second kappa shape index (κ2) is 4.80. The van der Waals surface area contributed by atoms with E-state index < -0.39 is 30.2 Å². The van der Waals surface area contributed by atoms with Crippen LogP contribution < -0.4 is 11.0 Å². The number of aromatic amines is 1. The molecule has 0 aliphatic carbocycles.